The van der Waals surface area contributed by atoms with Gasteiger partial charge in [-0.3, -0.25) is 0 Å². The van der Waals surface area contributed by atoms with Gasteiger partial charge in [-0.15, -0.1) is 0 Å². The SMILES string of the molecule is CCCCCCCCCCCCCCCCCCOC(C)(CCCCCCCCCCCCCCCCCC)C(C)[N+](C)(C)C. The molecule has 0 bridgehead atoms. The molecule has 0 fully saturated rings. The molecule has 0 saturated heterocycles. The van der Waals surface area contributed by atoms with Crippen molar-refractivity contribution >= 4 is 0 Å². The summed E-state index contributed by atoms with van der Waals surface area (Å²) < 4.78 is 7.73. The molecule has 0 aliphatic carbocycles. The summed E-state index contributed by atoms with van der Waals surface area (Å²) in [4.78, 5) is 0. The van der Waals surface area contributed by atoms with E-state index in [2.05, 4.69) is 48.8 Å². The lowest BCUT2D eigenvalue weighted by molar-refractivity contribution is -0.901. The number of hydrogen-bond donors (Lipinski definition) is 0. The second kappa shape index (κ2) is 32.5. The Bertz CT molecular complexity index is 569. The number of hydrogen-bond acceptors (Lipinski definition) is 1. The van der Waals surface area contributed by atoms with Crippen LogP contribution in [0.4, 0.5) is 0 Å². The van der Waals surface area contributed by atoms with Gasteiger partial charge in [0.15, 0.2) is 0 Å². The first-order chi connectivity index (χ1) is 21.8. The molecule has 0 aromatic heterocycles. The molecule has 2 atom stereocenters. The summed E-state index contributed by atoms with van der Waals surface area (Å²) in [6.45, 7) is 10.4. The van der Waals surface area contributed by atoms with Crippen LogP contribution in [0, 0.1) is 0 Å². The van der Waals surface area contributed by atoms with E-state index in [4.69, 9.17) is 4.74 Å². The topological polar surface area (TPSA) is 9.23 Å². The van der Waals surface area contributed by atoms with Gasteiger partial charge in [0.25, 0.3) is 0 Å². The molecular formula is C43H90NO+. The second-order valence-electron chi connectivity index (χ2n) is 16.3. The summed E-state index contributed by atoms with van der Waals surface area (Å²) in [6, 6.07) is 0.509. The summed E-state index contributed by atoms with van der Waals surface area (Å²) >= 11 is 0. The Morgan fingerprint density at radius 1 is 0.400 bits per heavy atom. The van der Waals surface area contributed by atoms with Crippen LogP contribution in [0.5, 0.6) is 0 Å². The molecule has 0 radical (unpaired) electrons. The number of ether oxygens (including phenoxy) is 1. The van der Waals surface area contributed by atoms with Gasteiger partial charge >= 0.3 is 0 Å². The van der Waals surface area contributed by atoms with Gasteiger partial charge in [-0.25, -0.2) is 0 Å². The van der Waals surface area contributed by atoms with Crippen molar-refractivity contribution in [2.45, 2.75) is 251 Å². The van der Waals surface area contributed by atoms with E-state index in [0.717, 1.165) is 11.1 Å². The van der Waals surface area contributed by atoms with Crippen LogP contribution < -0.4 is 0 Å². The molecule has 0 amide bonds. The molecule has 0 aliphatic rings. The van der Waals surface area contributed by atoms with E-state index in [-0.39, 0.29) is 5.60 Å². The van der Waals surface area contributed by atoms with Gasteiger partial charge in [0.1, 0.15) is 11.6 Å². The van der Waals surface area contributed by atoms with Crippen LogP contribution in [-0.4, -0.2) is 43.9 Å². The first-order valence-corrected chi connectivity index (χ1v) is 21.2. The Balaban J connectivity index is 3.83. The first-order valence-electron chi connectivity index (χ1n) is 21.2. The Morgan fingerprint density at radius 3 is 0.911 bits per heavy atom. The quantitative estimate of drug-likeness (QED) is 0.0487. The van der Waals surface area contributed by atoms with Gasteiger partial charge in [-0.05, 0) is 26.7 Å². The van der Waals surface area contributed by atoms with Crippen molar-refractivity contribution in [3.05, 3.63) is 0 Å². The van der Waals surface area contributed by atoms with E-state index in [1.807, 2.05) is 0 Å². The highest BCUT2D eigenvalue weighted by Crippen LogP contribution is 2.29. The van der Waals surface area contributed by atoms with E-state index in [0.29, 0.717) is 6.04 Å². The molecule has 2 nitrogen and oxygen atoms in total. The zero-order valence-corrected chi connectivity index (χ0v) is 33.0. The highest BCUT2D eigenvalue weighted by molar-refractivity contribution is 4.83. The minimum atomic E-state index is -0.0102. The number of rotatable bonds is 37. The fourth-order valence-corrected chi connectivity index (χ4v) is 7.20. The molecule has 0 heterocycles. The van der Waals surface area contributed by atoms with Crippen molar-refractivity contribution in [3.8, 4) is 0 Å². The number of unbranched alkanes of at least 4 members (excludes halogenated alkanes) is 30. The predicted molar refractivity (Wildman–Crippen MR) is 206 cm³/mol. The molecule has 0 rings (SSSR count). The maximum absolute atomic E-state index is 6.75. The van der Waals surface area contributed by atoms with Crippen molar-refractivity contribution in [1.29, 1.82) is 0 Å². The minimum absolute atomic E-state index is 0.0102. The highest BCUT2D eigenvalue weighted by atomic mass is 16.5. The maximum atomic E-state index is 6.75. The number of nitrogens with zero attached hydrogens (tertiary/aromatic N) is 1. The van der Waals surface area contributed by atoms with Crippen LogP contribution in [0.15, 0.2) is 0 Å². The summed E-state index contributed by atoms with van der Waals surface area (Å²) in [5, 5.41) is 0. The van der Waals surface area contributed by atoms with E-state index in [1.54, 1.807) is 0 Å². The highest BCUT2D eigenvalue weighted by Gasteiger charge is 2.39. The van der Waals surface area contributed by atoms with Gasteiger partial charge in [0.2, 0.25) is 0 Å². The monoisotopic (exact) mass is 637 g/mol. The van der Waals surface area contributed by atoms with Gasteiger partial charge in [0.05, 0.1) is 21.1 Å². The van der Waals surface area contributed by atoms with Crippen molar-refractivity contribution < 1.29 is 9.22 Å². The molecule has 2 heteroatoms. The smallest absolute Gasteiger partial charge is 0.117 e. The van der Waals surface area contributed by atoms with Crippen LogP contribution in [0.25, 0.3) is 0 Å². The third kappa shape index (κ3) is 29.8. The zero-order valence-electron chi connectivity index (χ0n) is 33.0. The molecule has 0 aromatic carbocycles. The van der Waals surface area contributed by atoms with Crippen molar-refractivity contribution in [3.63, 3.8) is 0 Å². The van der Waals surface area contributed by atoms with Crippen molar-refractivity contribution in [2.24, 2.45) is 0 Å². The summed E-state index contributed by atoms with van der Waals surface area (Å²) in [6.07, 6.45) is 46.9. The van der Waals surface area contributed by atoms with Gasteiger partial charge < -0.3 is 9.22 Å². The van der Waals surface area contributed by atoms with E-state index < -0.39 is 0 Å². The Hall–Kier alpha value is -0.0800. The number of likely N-dealkylation sites (N-methyl/N-ethyl adjacent to an activating group) is 1. The predicted octanol–water partition coefficient (Wildman–Crippen LogP) is 14.8. The van der Waals surface area contributed by atoms with Crippen molar-refractivity contribution in [1.82, 2.24) is 0 Å². The molecule has 2 unspecified atom stereocenters. The third-order valence-electron chi connectivity index (χ3n) is 11.0. The maximum Gasteiger partial charge on any atom is 0.117 e. The zero-order chi connectivity index (χ0) is 33.3. The summed E-state index contributed by atoms with van der Waals surface area (Å²) in [5.41, 5.74) is -0.0102. The number of quaternary nitrogens is 1. The van der Waals surface area contributed by atoms with Crippen LogP contribution >= 0.6 is 0 Å². The van der Waals surface area contributed by atoms with E-state index >= 15 is 0 Å². The fourth-order valence-electron chi connectivity index (χ4n) is 7.20. The van der Waals surface area contributed by atoms with E-state index in [1.165, 1.54) is 212 Å². The largest absolute Gasteiger partial charge is 0.369 e. The van der Waals surface area contributed by atoms with Crippen LogP contribution in [0.1, 0.15) is 240 Å². The summed E-state index contributed by atoms with van der Waals surface area (Å²) in [7, 11) is 7.03. The van der Waals surface area contributed by atoms with Gasteiger partial charge in [-0.2, -0.15) is 0 Å². The molecule has 0 N–H and O–H groups in total. The average Bonchev–Trinajstić information content (AvgIpc) is 3.01. The van der Waals surface area contributed by atoms with Gasteiger partial charge in [0, 0.05) is 6.61 Å². The third-order valence-corrected chi connectivity index (χ3v) is 11.0. The molecule has 272 valence electrons. The Labute approximate surface area is 287 Å². The fraction of sp³-hybridized carbons (Fsp3) is 1.00. The molecule has 0 aromatic rings. The van der Waals surface area contributed by atoms with Gasteiger partial charge in [-0.1, -0.05) is 213 Å². The lowest BCUT2D eigenvalue weighted by Crippen LogP contribution is -2.57. The van der Waals surface area contributed by atoms with Crippen LogP contribution in [0.2, 0.25) is 0 Å². The minimum Gasteiger partial charge on any atom is -0.369 e. The van der Waals surface area contributed by atoms with Crippen molar-refractivity contribution in [2.75, 3.05) is 27.7 Å². The van der Waals surface area contributed by atoms with E-state index in [9.17, 15) is 0 Å². The molecule has 0 aliphatic heterocycles. The lowest BCUT2D eigenvalue weighted by Gasteiger charge is -2.43. The Kier molecular flexibility index (Phi) is 32.4. The summed E-state index contributed by atoms with van der Waals surface area (Å²) in [5.74, 6) is 0. The molecule has 0 saturated carbocycles. The van der Waals surface area contributed by atoms with Crippen LogP contribution in [-0.2, 0) is 4.74 Å². The first kappa shape index (κ1) is 44.9. The normalized spacial score (nSPS) is 14.2. The molecule has 45 heavy (non-hydrogen) atoms. The second-order valence-corrected chi connectivity index (χ2v) is 16.3. The lowest BCUT2D eigenvalue weighted by atomic mass is 9.88. The molecular weight excluding hydrogens is 546 g/mol. The standard InChI is InChI=1S/C43H90NO/c1-8-10-12-14-16-18-20-22-24-26-28-30-32-34-36-38-40-43(4,42(3)44(5,6)7)45-41-39-37-35-33-31-29-27-25-23-21-19-17-15-13-11-9-2/h42H,8-41H2,1-7H3/q+1. The molecule has 0 spiro atoms. The average molecular weight is 637 g/mol. The Morgan fingerprint density at radius 2 is 0.644 bits per heavy atom. The van der Waals surface area contributed by atoms with Crippen LogP contribution in [0.3, 0.4) is 0 Å².